The van der Waals surface area contributed by atoms with Crippen LogP contribution >= 0.6 is 0 Å². The molecule has 0 aliphatic heterocycles. The lowest BCUT2D eigenvalue weighted by molar-refractivity contribution is -0.133. The highest BCUT2D eigenvalue weighted by Crippen LogP contribution is 2.04. The first-order valence-corrected chi connectivity index (χ1v) is 4.91. The lowest BCUT2D eigenvalue weighted by Gasteiger charge is -2.26. The largest absolute Gasteiger partial charge is 0.339 e. The summed E-state index contributed by atoms with van der Waals surface area (Å²) in [5, 5.41) is 8.45. The molecule has 0 aromatic heterocycles. The minimum atomic E-state index is -0.120. The fraction of sp³-hybridized carbons (Fsp3) is 0.800. The summed E-state index contributed by atoms with van der Waals surface area (Å²) in [6.45, 7) is 6.19. The average molecular weight is 197 g/mol. The molecule has 1 amide bonds. The van der Waals surface area contributed by atoms with Crippen molar-refractivity contribution >= 4 is 5.91 Å². The Morgan fingerprint density at radius 3 is 2.43 bits per heavy atom. The molecule has 0 spiro atoms. The molecule has 1 unspecified atom stereocenters. The van der Waals surface area contributed by atoms with E-state index in [0.29, 0.717) is 19.4 Å². The SMILES string of the molecule is CC(N)CC(=O)N(CCC#N)C(C)C. The van der Waals surface area contributed by atoms with Crippen LogP contribution < -0.4 is 5.73 Å². The van der Waals surface area contributed by atoms with Crippen LogP contribution in [0.2, 0.25) is 0 Å². The highest BCUT2D eigenvalue weighted by atomic mass is 16.2. The molecule has 0 aromatic carbocycles. The third-order valence-electron chi connectivity index (χ3n) is 1.90. The van der Waals surface area contributed by atoms with Gasteiger partial charge in [0.05, 0.1) is 12.5 Å². The van der Waals surface area contributed by atoms with E-state index in [9.17, 15) is 4.79 Å². The van der Waals surface area contributed by atoms with E-state index in [1.54, 1.807) is 11.8 Å². The van der Waals surface area contributed by atoms with Gasteiger partial charge in [0.2, 0.25) is 5.91 Å². The van der Waals surface area contributed by atoms with Gasteiger partial charge in [-0.15, -0.1) is 0 Å². The Morgan fingerprint density at radius 2 is 2.07 bits per heavy atom. The Kier molecular flexibility index (Phi) is 5.89. The van der Waals surface area contributed by atoms with Gasteiger partial charge in [-0.05, 0) is 20.8 Å². The van der Waals surface area contributed by atoms with Crippen molar-refractivity contribution < 1.29 is 4.79 Å². The Morgan fingerprint density at radius 1 is 1.50 bits per heavy atom. The van der Waals surface area contributed by atoms with Crippen molar-refractivity contribution in [3.05, 3.63) is 0 Å². The van der Waals surface area contributed by atoms with E-state index in [2.05, 4.69) is 0 Å². The summed E-state index contributed by atoms with van der Waals surface area (Å²) in [6, 6.07) is 2.05. The second-order valence-corrected chi connectivity index (χ2v) is 3.77. The van der Waals surface area contributed by atoms with Crippen LogP contribution in [0.4, 0.5) is 0 Å². The van der Waals surface area contributed by atoms with Crippen LogP contribution in [0.25, 0.3) is 0 Å². The van der Waals surface area contributed by atoms with E-state index in [1.165, 1.54) is 0 Å². The molecule has 0 saturated carbocycles. The van der Waals surface area contributed by atoms with Crippen molar-refractivity contribution in [3.8, 4) is 6.07 Å². The van der Waals surface area contributed by atoms with Crippen LogP contribution in [0.3, 0.4) is 0 Å². The van der Waals surface area contributed by atoms with Gasteiger partial charge in [0.25, 0.3) is 0 Å². The molecule has 0 heterocycles. The average Bonchev–Trinajstić information content (AvgIpc) is 2.02. The zero-order chi connectivity index (χ0) is 11.1. The second kappa shape index (κ2) is 6.39. The van der Waals surface area contributed by atoms with Crippen molar-refractivity contribution in [2.75, 3.05) is 6.54 Å². The summed E-state index contributed by atoms with van der Waals surface area (Å²) < 4.78 is 0. The molecular formula is C10H19N3O. The number of nitrogens with zero attached hydrogens (tertiary/aromatic N) is 2. The van der Waals surface area contributed by atoms with Gasteiger partial charge >= 0.3 is 0 Å². The normalized spacial score (nSPS) is 12.3. The molecule has 0 aliphatic rings. The second-order valence-electron chi connectivity index (χ2n) is 3.77. The molecule has 0 radical (unpaired) electrons. The monoisotopic (exact) mass is 197 g/mol. The van der Waals surface area contributed by atoms with Crippen LogP contribution in [0.15, 0.2) is 0 Å². The van der Waals surface area contributed by atoms with Crippen molar-refractivity contribution in [3.63, 3.8) is 0 Å². The van der Waals surface area contributed by atoms with Gasteiger partial charge in [0.15, 0.2) is 0 Å². The maximum atomic E-state index is 11.6. The number of rotatable bonds is 5. The van der Waals surface area contributed by atoms with Crippen molar-refractivity contribution in [2.45, 2.75) is 45.7 Å². The molecule has 0 rings (SSSR count). The molecule has 0 bridgehead atoms. The van der Waals surface area contributed by atoms with Crippen LogP contribution in [-0.2, 0) is 4.79 Å². The van der Waals surface area contributed by atoms with Gasteiger partial charge in [0, 0.05) is 25.0 Å². The zero-order valence-corrected chi connectivity index (χ0v) is 9.16. The number of nitriles is 1. The number of hydrogen-bond donors (Lipinski definition) is 1. The summed E-state index contributed by atoms with van der Waals surface area (Å²) >= 11 is 0. The van der Waals surface area contributed by atoms with Crippen LogP contribution in [0.5, 0.6) is 0 Å². The highest BCUT2D eigenvalue weighted by Gasteiger charge is 2.17. The molecule has 2 N–H and O–H groups in total. The van der Waals surface area contributed by atoms with Crippen LogP contribution in [0.1, 0.15) is 33.6 Å². The van der Waals surface area contributed by atoms with E-state index in [0.717, 1.165) is 0 Å². The minimum absolute atomic E-state index is 0.0326. The smallest absolute Gasteiger partial charge is 0.224 e. The Bertz CT molecular complexity index is 218. The first-order chi connectivity index (χ1) is 6.49. The lowest BCUT2D eigenvalue weighted by Crippen LogP contribution is -2.40. The molecule has 1 atom stereocenters. The van der Waals surface area contributed by atoms with E-state index >= 15 is 0 Å². The lowest BCUT2D eigenvalue weighted by atomic mass is 10.2. The standard InChI is InChI=1S/C10H19N3O/c1-8(2)13(6-4-5-11)10(14)7-9(3)12/h8-9H,4,6-7,12H2,1-3H3. The molecule has 4 nitrogen and oxygen atoms in total. The van der Waals surface area contributed by atoms with Crippen molar-refractivity contribution in [1.29, 1.82) is 5.26 Å². The van der Waals surface area contributed by atoms with Crippen LogP contribution in [0, 0.1) is 11.3 Å². The van der Waals surface area contributed by atoms with Gasteiger partial charge in [0.1, 0.15) is 0 Å². The van der Waals surface area contributed by atoms with Crippen LogP contribution in [-0.4, -0.2) is 29.4 Å². The van der Waals surface area contributed by atoms with E-state index in [1.807, 2.05) is 19.9 Å². The molecule has 0 fully saturated rings. The maximum absolute atomic E-state index is 11.6. The predicted molar refractivity (Wildman–Crippen MR) is 55.3 cm³/mol. The molecule has 0 aliphatic carbocycles. The quantitative estimate of drug-likeness (QED) is 0.711. The first-order valence-electron chi connectivity index (χ1n) is 4.91. The molecule has 0 aromatic rings. The van der Waals surface area contributed by atoms with Gasteiger partial charge in [-0.25, -0.2) is 0 Å². The fourth-order valence-corrected chi connectivity index (χ4v) is 1.23. The topological polar surface area (TPSA) is 70.1 Å². The molecular weight excluding hydrogens is 178 g/mol. The third kappa shape index (κ3) is 4.83. The van der Waals surface area contributed by atoms with Gasteiger partial charge in [-0.1, -0.05) is 0 Å². The third-order valence-corrected chi connectivity index (χ3v) is 1.90. The minimum Gasteiger partial charge on any atom is -0.339 e. The summed E-state index contributed by atoms with van der Waals surface area (Å²) in [4.78, 5) is 13.3. The van der Waals surface area contributed by atoms with E-state index in [4.69, 9.17) is 11.0 Å². The number of carbonyl (C=O) groups excluding carboxylic acids is 1. The molecule has 4 heteroatoms. The summed E-state index contributed by atoms with van der Waals surface area (Å²) in [5.41, 5.74) is 5.55. The summed E-state index contributed by atoms with van der Waals surface area (Å²) in [7, 11) is 0. The number of carbonyl (C=O) groups is 1. The Hall–Kier alpha value is -1.08. The predicted octanol–water partition coefficient (Wildman–Crippen LogP) is 0.874. The van der Waals surface area contributed by atoms with Gasteiger partial charge in [-0.2, -0.15) is 5.26 Å². The van der Waals surface area contributed by atoms with E-state index in [-0.39, 0.29) is 18.0 Å². The van der Waals surface area contributed by atoms with E-state index < -0.39 is 0 Å². The number of amides is 1. The van der Waals surface area contributed by atoms with Gasteiger partial charge in [-0.3, -0.25) is 4.79 Å². The first kappa shape index (κ1) is 12.9. The zero-order valence-electron chi connectivity index (χ0n) is 9.16. The molecule has 80 valence electrons. The maximum Gasteiger partial charge on any atom is 0.224 e. The fourth-order valence-electron chi connectivity index (χ4n) is 1.23. The summed E-state index contributed by atoms with van der Waals surface area (Å²) in [6.07, 6.45) is 0.729. The highest BCUT2D eigenvalue weighted by molar-refractivity contribution is 5.77. The summed E-state index contributed by atoms with van der Waals surface area (Å²) in [5.74, 6) is 0.0326. The van der Waals surface area contributed by atoms with Crippen molar-refractivity contribution in [2.24, 2.45) is 5.73 Å². The number of hydrogen-bond acceptors (Lipinski definition) is 3. The Labute approximate surface area is 85.7 Å². The Balaban J connectivity index is 4.20. The van der Waals surface area contributed by atoms with Crippen molar-refractivity contribution in [1.82, 2.24) is 4.90 Å². The molecule has 14 heavy (non-hydrogen) atoms. The molecule has 0 saturated heterocycles. The number of nitrogens with two attached hydrogens (primary N) is 1. The van der Waals surface area contributed by atoms with Gasteiger partial charge < -0.3 is 10.6 Å².